The zero-order valence-electron chi connectivity index (χ0n) is 11.8. The Balaban J connectivity index is 1.66. The Morgan fingerprint density at radius 1 is 1.16 bits per heavy atom. The molecule has 4 aliphatic carbocycles. The first kappa shape index (κ1) is 13.0. The fourth-order valence-corrected chi connectivity index (χ4v) is 4.70. The summed E-state index contributed by atoms with van der Waals surface area (Å²) in [5.41, 5.74) is 5.46. The van der Waals surface area contributed by atoms with Crippen molar-refractivity contribution in [3.8, 4) is 11.8 Å². The molecule has 0 unspecified atom stereocenters. The van der Waals surface area contributed by atoms with Gasteiger partial charge >= 0.3 is 0 Å². The van der Waals surface area contributed by atoms with Gasteiger partial charge in [0.15, 0.2) is 0 Å². The van der Waals surface area contributed by atoms with Crippen molar-refractivity contribution in [2.45, 2.75) is 32.1 Å². The van der Waals surface area contributed by atoms with E-state index in [0.717, 1.165) is 23.7 Å². The van der Waals surface area contributed by atoms with E-state index >= 15 is 0 Å². The zero-order valence-corrected chi connectivity index (χ0v) is 11.8. The smallest absolute Gasteiger partial charge is 0.298 e. The molecule has 19 heavy (non-hydrogen) atoms. The van der Waals surface area contributed by atoms with E-state index < -0.39 is 0 Å². The van der Waals surface area contributed by atoms with Crippen molar-refractivity contribution in [2.24, 2.45) is 35.3 Å². The van der Waals surface area contributed by atoms with Gasteiger partial charge in [0.05, 0.1) is 0 Å². The number of amides is 1. The van der Waals surface area contributed by atoms with Crippen LogP contribution in [0.3, 0.4) is 0 Å². The second-order valence-electron chi connectivity index (χ2n) is 6.74. The lowest BCUT2D eigenvalue weighted by atomic mass is 9.52. The van der Waals surface area contributed by atoms with Crippen LogP contribution >= 0.6 is 0 Å². The van der Waals surface area contributed by atoms with E-state index in [4.69, 9.17) is 5.73 Å². The highest BCUT2D eigenvalue weighted by Crippen LogP contribution is 2.56. The van der Waals surface area contributed by atoms with E-state index in [-0.39, 0.29) is 5.91 Å². The second-order valence-corrected chi connectivity index (χ2v) is 6.74. The largest absolute Gasteiger partial charge is 0.334 e. The SMILES string of the molecule is CN(CCN)C(=O)C#CC1C2CC3CC(C2)CC1C3. The van der Waals surface area contributed by atoms with Crippen molar-refractivity contribution in [2.75, 3.05) is 20.1 Å². The molecule has 1 amide bonds. The molecule has 0 aromatic carbocycles. The van der Waals surface area contributed by atoms with Crippen LogP contribution in [0, 0.1) is 41.4 Å². The fourth-order valence-electron chi connectivity index (χ4n) is 4.70. The Kier molecular flexibility index (Phi) is 3.54. The highest BCUT2D eigenvalue weighted by atomic mass is 16.2. The summed E-state index contributed by atoms with van der Waals surface area (Å²) in [5.74, 6) is 10.1. The molecular weight excluding hydrogens is 236 g/mol. The van der Waals surface area contributed by atoms with Gasteiger partial charge in [-0.2, -0.15) is 0 Å². The summed E-state index contributed by atoms with van der Waals surface area (Å²) < 4.78 is 0. The van der Waals surface area contributed by atoms with Crippen molar-refractivity contribution in [1.29, 1.82) is 0 Å². The van der Waals surface area contributed by atoms with Gasteiger partial charge in [-0.25, -0.2) is 0 Å². The minimum atomic E-state index is -0.0701. The Hall–Kier alpha value is -1.01. The van der Waals surface area contributed by atoms with Crippen LogP contribution in [0.15, 0.2) is 0 Å². The van der Waals surface area contributed by atoms with E-state index in [1.54, 1.807) is 11.9 Å². The lowest BCUT2D eigenvalue weighted by molar-refractivity contribution is -0.123. The third kappa shape index (κ3) is 2.51. The Labute approximate surface area is 115 Å². The lowest BCUT2D eigenvalue weighted by Gasteiger charge is -2.52. The van der Waals surface area contributed by atoms with Crippen LogP contribution in [-0.4, -0.2) is 30.9 Å². The molecule has 0 aromatic rings. The van der Waals surface area contributed by atoms with Gasteiger partial charge in [0.25, 0.3) is 5.91 Å². The first-order valence-corrected chi connectivity index (χ1v) is 7.64. The van der Waals surface area contributed by atoms with Crippen LogP contribution < -0.4 is 5.73 Å². The first-order chi connectivity index (χ1) is 9.17. The summed E-state index contributed by atoms with van der Waals surface area (Å²) >= 11 is 0. The zero-order chi connectivity index (χ0) is 13.4. The number of carbonyl (C=O) groups is 1. The van der Waals surface area contributed by atoms with Gasteiger partial charge < -0.3 is 10.6 Å². The van der Waals surface area contributed by atoms with E-state index in [2.05, 4.69) is 11.8 Å². The Bertz CT molecular complexity index is 392. The lowest BCUT2D eigenvalue weighted by Crippen LogP contribution is -2.44. The molecule has 3 heteroatoms. The van der Waals surface area contributed by atoms with Crippen molar-refractivity contribution >= 4 is 5.91 Å². The topological polar surface area (TPSA) is 46.3 Å². The minimum Gasteiger partial charge on any atom is -0.334 e. The normalized spacial score (nSPS) is 38.7. The number of carbonyl (C=O) groups excluding carboxylic acids is 1. The average Bonchev–Trinajstić information content (AvgIpc) is 2.37. The summed E-state index contributed by atoms with van der Waals surface area (Å²) in [4.78, 5) is 13.5. The molecule has 3 nitrogen and oxygen atoms in total. The van der Waals surface area contributed by atoms with E-state index in [0.29, 0.717) is 19.0 Å². The maximum Gasteiger partial charge on any atom is 0.298 e. The molecule has 0 aliphatic heterocycles. The molecule has 4 saturated carbocycles. The first-order valence-electron chi connectivity index (χ1n) is 7.64. The molecule has 0 aromatic heterocycles. The Morgan fingerprint density at radius 3 is 2.26 bits per heavy atom. The van der Waals surface area contributed by atoms with Crippen LogP contribution in [0.1, 0.15) is 32.1 Å². The number of nitrogens with two attached hydrogens (primary N) is 1. The van der Waals surface area contributed by atoms with Gasteiger partial charge in [0, 0.05) is 26.1 Å². The summed E-state index contributed by atoms with van der Waals surface area (Å²) in [6.45, 7) is 1.09. The third-order valence-electron chi connectivity index (χ3n) is 5.38. The molecule has 0 radical (unpaired) electrons. The molecule has 0 saturated heterocycles. The third-order valence-corrected chi connectivity index (χ3v) is 5.38. The number of hydrogen-bond donors (Lipinski definition) is 1. The monoisotopic (exact) mass is 260 g/mol. The molecule has 104 valence electrons. The van der Waals surface area contributed by atoms with Crippen LogP contribution in [0.2, 0.25) is 0 Å². The molecule has 4 rings (SSSR count). The number of nitrogens with zero attached hydrogens (tertiary/aromatic N) is 1. The van der Waals surface area contributed by atoms with Gasteiger partial charge in [-0.15, -0.1) is 0 Å². The van der Waals surface area contributed by atoms with E-state index in [1.165, 1.54) is 32.1 Å². The van der Waals surface area contributed by atoms with Gasteiger partial charge in [-0.1, -0.05) is 5.92 Å². The van der Waals surface area contributed by atoms with Gasteiger partial charge in [-0.05, 0) is 61.7 Å². The summed E-state index contributed by atoms with van der Waals surface area (Å²) in [6, 6.07) is 0. The summed E-state index contributed by atoms with van der Waals surface area (Å²) in [5, 5.41) is 0. The van der Waals surface area contributed by atoms with Crippen molar-refractivity contribution in [1.82, 2.24) is 4.90 Å². The summed E-state index contributed by atoms with van der Waals surface area (Å²) in [6.07, 6.45) is 6.90. The standard InChI is InChI=1S/C16H24N2O/c1-18(5-4-17)16(19)3-2-15-13-7-11-6-12(9-13)10-14(15)8-11/h11-15H,4-10,17H2,1H3. The van der Waals surface area contributed by atoms with Gasteiger partial charge in [-0.3, -0.25) is 4.79 Å². The van der Waals surface area contributed by atoms with Crippen molar-refractivity contribution in [3.63, 3.8) is 0 Å². The number of likely N-dealkylation sites (N-methyl/N-ethyl adjacent to an activating group) is 1. The van der Waals surface area contributed by atoms with Crippen LogP contribution in [-0.2, 0) is 4.79 Å². The highest BCUT2D eigenvalue weighted by molar-refractivity contribution is 5.93. The van der Waals surface area contributed by atoms with E-state index in [9.17, 15) is 4.79 Å². The molecule has 0 spiro atoms. The molecule has 0 heterocycles. The highest BCUT2D eigenvalue weighted by Gasteiger charge is 2.47. The fraction of sp³-hybridized carbons (Fsp3) is 0.812. The minimum absolute atomic E-state index is 0.0701. The molecule has 4 fully saturated rings. The van der Waals surface area contributed by atoms with Gasteiger partial charge in [0.2, 0.25) is 0 Å². The maximum atomic E-state index is 11.9. The van der Waals surface area contributed by atoms with Crippen molar-refractivity contribution < 1.29 is 4.79 Å². The van der Waals surface area contributed by atoms with Crippen molar-refractivity contribution in [3.05, 3.63) is 0 Å². The second kappa shape index (κ2) is 5.17. The molecule has 0 atom stereocenters. The average molecular weight is 260 g/mol. The predicted octanol–water partition coefficient (Wildman–Crippen LogP) is 1.48. The molecule has 4 aliphatic rings. The molecule has 2 N–H and O–H groups in total. The van der Waals surface area contributed by atoms with Crippen LogP contribution in [0.4, 0.5) is 0 Å². The van der Waals surface area contributed by atoms with E-state index in [1.807, 2.05) is 0 Å². The molecule has 4 bridgehead atoms. The van der Waals surface area contributed by atoms with Gasteiger partial charge in [0.1, 0.15) is 0 Å². The quantitative estimate of drug-likeness (QED) is 0.764. The van der Waals surface area contributed by atoms with Crippen LogP contribution in [0.25, 0.3) is 0 Å². The maximum absolute atomic E-state index is 11.9. The molecular formula is C16H24N2O. The summed E-state index contributed by atoms with van der Waals surface area (Å²) in [7, 11) is 1.78. The number of hydrogen-bond acceptors (Lipinski definition) is 2. The predicted molar refractivity (Wildman–Crippen MR) is 75.0 cm³/mol. The van der Waals surface area contributed by atoms with Crippen LogP contribution in [0.5, 0.6) is 0 Å². The Morgan fingerprint density at radius 2 is 1.74 bits per heavy atom. The number of rotatable bonds is 2.